The van der Waals surface area contributed by atoms with Crippen LogP contribution in [0.25, 0.3) is 0 Å². The van der Waals surface area contributed by atoms with Crippen molar-refractivity contribution in [3.63, 3.8) is 0 Å². The molecule has 0 amide bonds. The predicted octanol–water partition coefficient (Wildman–Crippen LogP) is 3.84. The molecule has 3 aliphatic rings. The first kappa shape index (κ1) is 31.7. The van der Waals surface area contributed by atoms with Crippen molar-refractivity contribution in [2.45, 2.75) is 55.6 Å². The molecule has 1 aliphatic heterocycles. The predicted molar refractivity (Wildman–Crippen MR) is 130 cm³/mol. The van der Waals surface area contributed by atoms with Crippen molar-refractivity contribution in [3.8, 4) is 17.6 Å². The lowest BCUT2D eigenvalue weighted by atomic mass is 10.1. The van der Waals surface area contributed by atoms with Crippen LogP contribution in [0.2, 0.25) is 0 Å². The Morgan fingerprint density at radius 3 is 1.78 bits per heavy atom. The molecule has 0 atom stereocenters. The zero-order valence-electron chi connectivity index (χ0n) is 21.0. The van der Waals surface area contributed by atoms with Crippen LogP contribution in [0.15, 0.2) is 36.4 Å². The lowest BCUT2D eigenvalue weighted by Gasteiger charge is -2.08. The number of carbonyl (C=O) groups is 1. The smallest absolute Gasteiger partial charge is 0.475 e. The lowest BCUT2D eigenvalue weighted by Crippen LogP contribution is -2.28. The van der Waals surface area contributed by atoms with Gasteiger partial charge in [-0.05, 0) is 32.1 Å². The van der Waals surface area contributed by atoms with Gasteiger partial charge in [0, 0.05) is 42.9 Å². The van der Waals surface area contributed by atoms with E-state index in [0.29, 0.717) is 11.7 Å². The summed E-state index contributed by atoms with van der Waals surface area (Å²) in [6, 6.07) is 0. The molecule has 0 saturated heterocycles. The van der Waals surface area contributed by atoms with Crippen molar-refractivity contribution in [2.75, 3.05) is 13.1 Å². The maximum Gasteiger partial charge on any atom is 0.534 e. The fourth-order valence-electron chi connectivity index (χ4n) is 2.94. The molecule has 2 aromatic rings. The van der Waals surface area contributed by atoms with Gasteiger partial charge in [0.05, 0.1) is 18.0 Å². The van der Waals surface area contributed by atoms with Crippen LogP contribution in [0.1, 0.15) is 61.2 Å². The highest BCUT2D eigenvalue weighted by Gasteiger charge is 2.48. The highest BCUT2D eigenvalue weighted by molar-refractivity contribution is 7.88. The highest BCUT2D eigenvalue weighted by Crippen LogP contribution is 2.38. The number of carboxylic acids is 1. The molecular weight excluding hydrogens is 584 g/mol. The van der Waals surface area contributed by atoms with Crippen LogP contribution < -0.4 is 9.50 Å². The van der Waals surface area contributed by atoms with Crippen LogP contribution in [0.5, 0.6) is 5.75 Å². The molecule has 41 heavy (non-hydrogen) atoms. The fraction of sp³-hybridized carbons (Fsp3) is 0.458. The molecule has 5 rings (SSSR count). The van der Waals surface area contributed by atoms with Gasteiger partial charge >= 0.3 is 27.8 Å². The fourth-order valence-corrected chi connectivity index (χ4v) is 3.37. The van der Waals surface area contributed by atoms with Gasteiger partial charge in [0.15, 0.2) is 5.75 Å². The van der Waals surface area contributed by atoms with Gasteiger partial charge in [-0.25, -0.2) is 24.7 Å². The second-order valence-electron chi connectivity index (χ2n) is 8.88. The van der Waals surface area contributed by atoms with E-state index in [0.717, 1.165) is 56.1 Å². The third-order valence-corrected chi connectivity index (χ3v) is 6.35. The molecule has 2 aromatic heterocycles. The van der Waals surface area contributed by atoms with Crippen LogP contribution >= 0.6 is 0 Å². The summed E-state index contributed by atoms with van der Waals surface area (Å²) in [4.78, 5) is 25.1. The summed E-state index contributed by atoms with van der Waals surface area (Å²) >= 11 is 0. The molecule has 17 heteroatoms. The average Bonchev–Trinajstić information content (AvgIpc) is 3.82. The Morgan fingerprint density at radius 1 is 0.902 bits per heavy atom. The summed E-state index contributed by atoms with van der Waals surface area (Å²) in [5, 5.41) is 10.4. The first-order chi connectivity index (χ1) is 19.2. The minimum absolute atomic E-state index is 0.225. The molecule has 10 nitrogen and oxygen atoms in total. The Hall–Kier alpha value is -3.78. The first-order valence-electron chi connectivity index (χ1n) is 12.0. The Kier molecular flexibility index (Phi) is 10.3. The molecule has 0 bridgehead atoms. The summed E-state index contributed by atoms with van der Waals surface area (Å²) in [5.74, 6) is 5.33. The van der Waals surface area contributed by atoms with E-state index in [-0.39, 0.29) is 5.92 Å². The van der Waals surface area contributed by atoms with E-state index in [1.807, 2.05) is 12.4 Å². The topological polar surface area (TPSA) is 144 Å². The lowest BCUT2D eigenvalue weighted by molar-refractivity contribution is -0.192. The van der Waals surface area contributed by atoms with E-state index >= 15 is 0 Å². The Morgan fingerprint density at radius 2 is 1.39 bits per heavy atom. The molecule has 2 aliphatic carbocycles. The summed E-state index contributed by atoms with van der Waals surface area (Å²) < 4.78 is 92.8. The monoisotopic (exact) mass is 607 g/mol. The van der Waals surface area contributed by atoms with Gasteiger partial charge in [-0.15, -0.1) is 0 Å². The molecule has 2 fully saturated rings. The Bertz CT molecular complexity index is 1390. The maximum atomic E-state index is 12.0. The summed E-state index contributed by atoms with van der Waals surface area (Å²) in [6.07, 6.45) is 7.96. The molecule has 2 N–H and O–H groups in total. The third kappa shape index (κ3) is 10.6. The van der Waals surface area contributed by atoms with Crippen molar-refractivity contribution >= 4 is 16.1 Å². The van der Waals surface area contributed by atoms with Crippen LogP contribution in [-0.2, 0) is 14.9 Å². The van der Waals surface area contributed by atoms with E-state index in [2.05, 4.69) is 47.4 Å². The number of rotatable bonds is 4. The molecule has 0 radical (unpaired) electrons. The van der Waals surface area contributed by atoms with Gasteiger partial charge in [0.2, 0.25) is 0 Å². The molecule has 222 valence electrons. The maximum absolute atomic E-state index is 12.0. The van der Waals surface area contributed by atoms with Crippen molar-refractivity contribution < 1.29 is 48.8 Å². The second-order valence-corrected chi connectivity index (χ2v) is 10.4. The summed E-state index contributed by atoms with van der Waals surface area (Å²) in [7, 11) is -5.65. The van der Waals surface area contributed by atoms with E-state index < -0.39 is 33.5 Å². The zero-order chi connectivity index (χ0) is 30.3. The van der Waals surface area contributed by atoms with Gasteiger partial charge in [-0.3, -0.25) is 0 Å². The molecule has 2 saturated carbocycles. The minimum Gasteiger partial charge on any atom is -0.475 e. The summed E-state index contributed by atoms with van der Waals surface area (Å²) in [6.45, 7) is 1.96. The number of hydrogen-bond donors (Lipinski definition) is 2. The normalized spacial score (nSPS) is 16.9. The first-order valence-corrected chi connectivity index (χ1v) is 13.4. The van der Waals surface area contributed by atoms with Gasteiger partial charge in [0.25, 0.3) is 0 Å². The molecule has 3 heterocycles. The molecule has 0 unspecified atom stereocenters. The Balaban J connectivity index is 0.000000185. The second kappa shape index (κ2) is 13.3. The van der Waals surface area contributed by atoms with Gasteiger partial charge in [-0.1, -0.05) is 17.9 Å². The quantitative estimate of drug-likeness (QED) is 0.228. The van der Waals surface area contributed by atoms with Crippen molar-refractivity contribution in [2.24, 2.45) is 0 Å². The minimum atomic E-state index is -5.65. The number of aromatic nitrogens is 4. The van der Waals surface area contributed by atoms with Gasteiger partial charge < -0.3 is 14.6 Å². The van der Waals surface area contributed by atoms with Crippen LogP contribution in [0.4, 0.5) is 26.3 Å². The number of halogens is 6. The summed E-state index contributed by atoms with van der Waals surface area (Å²) in [5.41, 5.74) is -3.33. The van der Waals surface area contributed by atoms with Gasteiger partial charge in [0.1, 0.15) is 11.6 Å². The van der Waals surface area contributed by atoms with Crippen LogP contribution in [0, 0.1) is 11.8 Å². The zero-order valence-corrected chi connectivity index (χ0v) is 21.9. The number of carboxylic acid groups (broad SMARTS) is 1. The molecule has 0 aromatic carbocycles. The number of hydrogen-bond acceptors (Lipinski definition) is 9. The number of nitrogens with zero attached hydrogens (tertiary/aromatic N) is 4. The van der Waals surface area contributed by atoms with Crippen LogP contribution in [-0.4, -0.2) is 64.2 Å². The number of nitrogens with one attached hydrogen (secondary N) is 1. The van der Waals surface area contributed by atoms with E-state index in [9.17, 15) is 34.8 Å². The highest BCUT2D eigenvalue weighted by atomic mass is 32.2. The van der Waals surface area contributed by atoms with Gasteiger partial charge in [-0.2, -0.15) is 34.8 Å². The van der Waals surface area contributed by atoms with Crippen LogP contribution in [0.3, 0.4) is 0 Å². The van der Waals surface area contributed by atoms with E-state index in [1.165, 1.54) is 18.4 Å². The van der Waals surface area contributed by atoms with Crippen molar-refractivity contribution in [1.82, 2.24) is 25.3 Å². The standard InChI is InChI=1S/C14H15N3.C8H7F3N2O3S.C2HF3O2/c1(11-5-7-15-8-6-11)2-12-9-16-14(17-10-12)13-3-4-13;9-8(10,11)17(14,15)16-6-3-12-7(13-4-6)5-1-2-5;3-2(4,5)1(6)7/h5,9-10,13,15H,3-4,6-8H2;3-5H,1-2H2;(H,6,7). The van der Waals surface area contributed by atoms with E-state index in [1.54, 1.807) is 0 Å². The largest absolute Gasteiger partial charge is 0.534 e. The SMILES string of the molecule is C(#Cc1cnc(C2CC2)nc1)C1=CCNCC1.O=C(O)C(F)(F)F.O=S(=O)(Oc1cnc(C2CC2)nc1)C(F)(F)F. The average molecular weight is 608 g/mol. The molecule has 0 spiro atoms. The van der Waals surface area contributed by atoms with Crippen molar-refractivity contribution in [1.29, 1.82) is 0 Å². The molecular formula is C24H23F6N5O5S. The number of aliphatic carboxylic acids is 1. The number of alkyl halides is 6. The third-order valence-electron chi connectivity index (χ3n) is 5.37. The Labute approximate surface area is 230 Å². The van der Waals surface area contributed by atoms with E-state index in [4.69, 9.17) is 9.90 Å². The van der Waals surface area contributed by atoms with Crippen molar-refractivity contribution in [3.05, 3.63) is 53.6 Å².